The summed E-state index contributed by atoms with van der Waals surface area (Å²) in [6, 6.07) is 0. The molecule has 6 heteroatoms. The minimum absolute atomic E-state index is 0.182. The van der Waals surface area contributed by atoms with E-state index in [0.717, 1.165) is 25.7 Å². The highest BCUT2D eigenvalue weighted by Crippen LogP contribution is 2.31. The molecule has 1 saturated heterocycles. The summed E-state index contributed by atoms with van der Waals surface area (Å²) in [5.74, 6) is 1.27. The third-order valence-corrected chi connectivity index (χ3v) is 5.57. The largest absolute Gasteiger partial charge is 0.377 e. The third kappa shape index (κ3) is 4.09. The number of hydrogen-bond donors (Lipinski definition) is 0. The summed E-state index contributed by atoms with van der Waals surface area (Å²) >= 11 is 5.55. The van der Waals surface area contributed by atoms with Crippen molar-refractivity contribution in [2.45, 2.75) is 31.8 Å². The highest BCUT2D eigenvalue weighted by molar-refractivity contribution is 7.89. The second kappa shape index (κ2) is 5.87. The molecule has 0 aromatic carbocycles. The van der Waals surface area contributed by atoms with Crippen molar-refractivity contribution in [3.63, 3.8) is 0 Å². The van der Waals surface area contributed by atoms with Crippen molar-refractivity contribution in [2.24, 2.45) is 5.92 Å². The smallest absolute Gasteiger partial charge is 0.214 e. The van der Waals surface area contributed by atoms with Crippen LogP contribution in [0.15, 0.2) is 0 Å². The molecule has 2 fully saturated rings. The monoisotopic (exact) mass is 281 g/mol. The molecule has 0 aromatic heterocycles. The Morgan fingerprint density at radius 2 is 1.82 bits per heavy atom. The molecule has 0 atom stereocenters. The second-order valence-corrected chi connectivity index (χ2v) is 7.27. The van der Waals surface area contributed by atoms with Crippen LogP contribution in [0.25, 0.3) is 0 Å². The van der Waals surface area contributed by atoms with E-state index in [-0.39, 0.29) is 6.10 Å². The molecule has 1 saturated carbocycles. The van der Waals surface area contributed by atoms with E-state index in [4.69, 9.17) is 16.3 Å². The summed E-state index contributed by atoms with van der Waals surface area (Å²) in [6.45, 7) is 1.76. The minimum atomic E-state index is -3.01. The molecule has 1 heterocycles. The number of rotatable bonds is 6. The van der Waals surface area contributed by atoms with Crippen molar-refractivity contribution in [3.05, 3.63) is 0 Å². The maximum Gasteiger partial charge on any atom is 0.214 e. The summed E-state index contributed by atoms with van der Waals surface area (Å²) in [7, 11) is -3.01. The van der Waals surface area contributed by atoms with Gasteiger partial charge in [0.1, 0.15) is 0 Å². The molecule has 17 heavy (non-hydrogen) atoms. The fourth-order valence-electron chi connectivity index (χ4n) is 2.18. The van der Waals surface area contributed by atoms with Crippen molar-refractivity contribution in [3.8, 4) is 0 Å². The molecule has 0 aromatic rings. The Morgan fingerprint density at radius 1 is 1.18 bits per heavy atom. The normalized spacial score (nSPS) is 24.1. The molecule has 0 bridgehead atoms. The van der Waals surface area contributed by atoms with Gasteiger partial charge < -0.3 is 4.74 Å². The fourth-order valence-corrected chi connectivity index (χ4v) is 4.17. The van der Waals surface area contributed by atoms with E-state index >= 15 is 0 Å². The van der Waals surface area contributed by atoms with Crippen LogP contribution in [0, 0.1) is 5.92 Å². The predicted molar refractivity (Wildman–Crippen MR) is 67.8 cm³/mol. The van der Waals surface area contributed by atoms with Gasteiger partial charge in [-0.15, -0.1) is 11.6 Å². The van der Waals surface area contributed by atoms with Crippen molar-refractivity contribution in [2.75, 3.05) is 31.3 Å². The standard InChI is InChI=1S/C11H20ClNO3S/c12-5-8-16-11-3-6-13(7-4-11)17(14,15)9-10-1-2-10/h10-11H,1-9H2. The molecule has 100 valence electrons. The van der Waals surface area contributed by atoms with E-state index in [1.807, 2.05) is 0 Å². The Kier molecular flexibility index (Phi) is 4.69. The number of halogens is 1. The molecule has 0 radical (unpaired) electrons. The first-order chi connectivity index (χ1) is 8.12. The van der Waals surface area contributed by atoms with Crippen LogP contribution in [0.5, 0.6) is 0 Å². The lowest BCUT2D eigenvalue weighted by molar-refractivity contribution is 0.0301. The first-order valence-corrected chi connectivity index (χ1v) is 8.41. The summed E-state index contributed by atoms with van der Waals surface area (Å²) in [4.78, 5) is 0. The zero-order valence-corrected chi connectivity index (χ0v) is 11.5. The molecule has 2 rings (SSSR count). The summed E-state index contributed by atoms with van der Waals surface area (Å²) in [5, 5.41) is 0. The Hall–Kier alpha value is 0.160. The van der Waals surface area contributed by atoms with E-state index in [9.17, 15) is 8.42 Å². The first kappa shape index (κ1) is 13.6. The van der Waals surface area contributed by atoms with E-state index < -0.39 is 10.0 Å². The maximum atomic E-state index is 12.0. The average molecular weight is 282 g/mol. The Bertz CT molecular complexity index is 335. The van der Waals surface area contributed by atoms with Gasteiger partial charge in [0.15, 0.2) is 0 Å². The minimum Gasteiger partial charge on any atom is -0.377 e. The molecule has 2 aliphatic rings. The van der Waals surface area contributed by atoms with Gasteiger partial charge in [0.05, 0.1) is 18.5 Å². The zero-order valence-electron chi connectivity index (χ0n) is 9.98. The lowest BCUT2D eigenvalue weighted by Crippen LogP contribution is -2.42. The lowest BCUT2D eigenvalue weighted by atomic mass is 10.1. The number of nitrogens with zero attached hydrogens (tertiary/aromatic N) is 1. The zero-order chi connectivity index (χ0) is 12.3. The SMILES string of the molecule is O=S(=O)(CC1CC1)N1CCC(OCCCl)CC1. The van der Waals surface area contributed by atoms with Crippen molar-refractivity contribution in [1.29, 1.82) is 0 Å². The Morgan fingerprint density at radius 3 is 2.35 bits per heavy atom. The molecule has 1 aliphatic heterocycles. The highest BCUT2D eigenvalue weighted by atomic mass is 35.5. The van der Waals surface area contributed by atoms with Gasteiger partial charge in [-0.25, -0.2) is 12.7 Å². The number of sulfonamides is 1. The topological polar surface area (TPSA) is 46.6 Å². The maximum absolute atomic E-state index is 12.0. The van der Waals surface area contributed by atoms with Crippen molar-refractivity contribution >= 4 is 21.6 Å². The van der Waals surface area contributed by atoms with Crippen LogP contribution in [-0.4, -0.2) is 50.2 Å². The van der Waals surface area contributed by atoms with E-state index in [1.165, 1.54) is 0 Å². The lowest BCUT2D eigenvalue weighted by Gasteiger charge is -2.31. The summed E-state index contributed by atoms with van der Waals surface area (Å²) in [5.41, 5.74) is 0. The Balaban J connectivity index is 1.77. The van der Waals surface area contributed by atoms with E-state index in [0.29, 0.717) is 37.2 Å². The molecule has 0 amide bonds. The molecular weight excluding hydrogens is 262 g/mol. The van der Waals surface area contributed by atoms with Gasteiger partial charge in [0.25, 0.3) is 0 Å². The van der Waals surface area contributed by atoms with Crippen LogP contribution >= 0.6 is 11.6 Å². The molecule has 0 N–H and O–H groups in total. The van der Waals surface area contributed by atoms with Gasteiger partial charge in [-0.1, -0.05) is 0 Å². The van der Waals surface area contributed by atoms with Crippen LogP contribution in [0.1, 0.15) is 25.7 Å². The molecular formula is C11H20ClNO3S. The predicted octanol–water partition coefficient (Wildman–Crippen LogP) is 1.45. The van der Waals surface area contributed by atoms with Crippen LogP contribution in [-0.2, 0) is 14.8 Å². The number of piperidine rings is 1. The average Bonchev–Trinajstić information content (AvgIpc) is 3.10. The quantitative estimate of drug-likeness (QED) is 0.692. The van der Waals surface area contributed by atoms with Gasteiger partial charge in [-0.3, -0.25) is 0 Å². The van der Waals surface area contributed by atoms with Gasteiger partial charge in [0, 0.05) is 19.0 Å². The number of ether oxygens (including phenoxy) is 1. The fraction of sp³-hybridized carbons (Fsp3) is 1.00. The van der Waals surface area contributed by atoms with Crippen molar-refractivity contribution in [1.82, 2.24) is 4.31 Å². The second-order valence-electron chi connectivity index (χ2n) is 4.88. The molecule has 1 aliphatic carbocycles. The van der Waals surface area contributed by atoms with Gasteiger partial charge >= 0.3 is 0 Å². The number of hydrogen-bond acceptors (Lipinski definition) is 3. The third-order valence-electron chi connectivity index (χ3n) is 3.37. The van der Waals surface area contributed by atoms with Gasteiger partial charge in [-0.2, -0.15) is 0 Å². The summed E-state index contributed by atoms with van der Waals surface area (Å²) < 4.78 is 31.2. The molecule has 0 spiro atoms. The first-order valence-electron chi connectivity index (χ1n) is 6.27. The van der Waals surface area contributed by atoms with E-state index in [2.05, 4.69) is 0 Å². The Labute approximate surface area is 108 Å². The van der Waals surface area contributed by atoms with Crippen LogP contribution in [0.2, 0.25) is 0 Å². The highest BCUT2D eigenvalue weighted by Gasteiger charge is 2.33. The summed E-state index contributed by atoms with van der Waals surface area (Å²) in [6.07, 6.45) is 3.92. The molecule has 4 nitrogen and oxygen atoms in total. The van der Waals surface area contributed by atoms with Crippen LogP contribution in [0.4, 0.5) is 0 Å². The molecule has 0 unspecified atom stereocenters. The number of alkyl halides is 1. The van der Waals surface area contributed by atoms with Crippen LogP contribution in [0.3, 0.4) is 0 Å². The van der Waals surface area contributed by atoms with Crippen molar-refractivity contribution < 1.29 is 13.2 Å². The van der Waals surface area contributed by atoms with Crippen LogP contribution < -0.4 is 0 Å². The van der Waals surface area contributed by atoms with E-state index in [1.54, 1.807) is 4.31 Å². The van der Waals surface area contributed by atoms with Gasteiger partial charge in [-0.05, 0) is 31.6 Å². The van der Waals surface area contributed by atoms with Gasteiger partial charge in [0.2, 0.25) is 10.0 Å².